The highest BCUT2D eigenvalue weighted by Gasteiger charge is 2.41. The molecule has 1 saturated heterocycles. The summed E-state index contributed by atoms with van der Waals surface area (Å²) in [6, 6.07) is 7.99. The maximum absolute atomic E-state index is 12.4. The number of carbonyl (C=O) groups excluding carboxylic acids is 1. The molecular weight excluding hydrogens is 270 g/mol. The Bertz CT molecular complexity index is 484. The number of benzene rings is 1. The zero-order valence-corrected chi connectivity index (χ0v) is 13.5. The summed E-state index contributed by atoms with van der Waals surface area (Å²) in [5, 5.41) is 10.4. The molecule has 20 heavy (non-hydrogen) atoms. The van der Waals surface area contributed by atoms with Crippen LogP contribution in [-0.4, -0.2) is 35.2 Å². The fourth-order valence-electron chi connectivity index (χ4n) is 2.34. The lowest BCUT2D eigenvalue weighted by Gasteiger charge is -2.28. The van der Waals surface area contributed by atoms with Gasteiger partial charge in [0, 0.05) is 18.5 Å². The van der Waals surface area contributed by atoms with E-state index in [0.717, 1.165) is 11.4 Å². The monoisotopic (exact) mass is 293 g/mol. The molecule has 2 rings (SSSR count). The first-order chi connectivity index (χ1) is 9.24. The third-order valence-electron chi connectivity index (χ3n) is 3.82. The van der Waals surface area contributed by atoms with Gasteiger partial charge in [-0.25, -0.2) is 0 Å². The van der Waals surface area contributed by atoms with Crippen molar-refractivity contribution < 1.29 is 9.90 Å². The minimum Gasteiger partial charge on any atom is -0.379 e. The van der Waals surface area contributed by atoms with E-state index in [1.54, 1.807) is 23.7 Å². The molecule has 1 aliphatic heterocycles. The lowest BCUT2D eigenvalue weighted by Crippen LogP contribution is -2.47. The molecular formula is C16H23NO2S. The minimum atomic E-state index is -1.19. The highest BCUT2D eigenvalue weighted by atomic mass is 32.2. The van der Waals surface area contributed by atoms with Gasteiger partial charge in [0.05, 0.1) is 0 Å². The zero-order chi connectivity index (χ0) is 15.0. The minimum absolute atomic E-state index is 0.0986. The fraction of sp³-hybridized carbons (Fsp3) is 0.562. The van der Waals surface area contributed by atoms with Crippen molar-refractivity contribution in [3.8, 4) is 0 Å². The van der Waals surface area contributed by atoms with Crippen molar-refractivity contribution in [3.63, 3.8) is 0 Å². The lowest BCUT2D eigenvalue weighted by atomic mass is 9.87. The lowest BCUT2D eigenvalue weighted by molar-refractivity contribution is -0.134. The van der Waals surface area contributed by atoms with Gasteiger partial charge in [0.15, 0.2) is 5.60 Å². The SMILES string of the molecule is CN(C(=O)C1(O)CCSC1)c1ccc(C(C)(C)C)cc1. The quantitative estimate of drug-likeness (QED) is 0.911. The summed E-state index contributed by atoms with van der Waals surface area (Å²) in [5.74, 6) is 1.14. The van der Waals surface area contributed by atoms with E-state index < -0.39 is 5.60 Å². The van der Waals surface area contributed by atoms with Gasteiger partial charge in [-0.2, -0.15) is 11.8 Å². The fourth-order valence-corrected chi connectivity index (χ4v) is 3.57. The predicted molar refractivity (Wildman–Crippen MR) is 85.4 cm³/mol. The highest BCUT2D eigenvalue weighted by molar-refractivity contribution is 7.99. The summed E-state index contributed by atoms with van der Waals surface area (Å²) < 4.78 is 0. The third kappa shape index (κ3) is 3.01. The van der Waals surface area contributed by atoms with Crippen LogP contribution >= 0.6 is 11.8 Å². The normalized spacial score (nSPS) is 22.9. The van der Waals surface area contributed by atoms with Crippen LogP contribution in [0.25, 0.3) is 0 Å². The van der Waals surface area contributed by atoms with Gasteiger partial charge in [-0.05, 0) is 35.3 Å². The number of carbonyl (C=O) groups is 1. The molecule has 0 aliphatic carbocycles. The number of anilines is 1. The van der Waals surface area contributed by atoms with Gasteiger partial charge < -0.3 is 10.0 Å². The second-order valence-electron chi connectivity index (χ2n) is 6.50. The Balaban J connectivity index is 2.17. The van der Waals surface area contributed by atoms with Crippen LogP contribution < -0.4 is 4.90 Å². The van der Waals surface area contributed by atoms with E-state index in [9.17, 15) is 9.90 Å². The molecule has 1 atom stereocenters. The van der Waals surface area contributed by atoms with Crippen molar-refractivity contribution in [2.75, 3.05) is 23.5 Å². The standard InChI is InChI=1S/C16H23NO2S/c1-15(2,3)12-5-7-13(8-6-12)17(4)14(18)16(19)9-10-20-11-16/h5-8,19H,9-11H2,1-4H3. The summed E-state index contributed by atoms with van der Waals surface area (Å²) in [5.41, 5.74) is 0.967. The van der Waals surface area contributed by atoms with Crippen LogP contribution in [0, 0.1) is 0 Å². The number of likely N-dealkylation sites (N-methyl/N-ethyl adjacent to an activating group) is 1. The van der Waals surface area contributed by atoms with Gasteiger partial charge in [0.25, 0.3) is 5.91 Å². The molecule has 4 heteroatoms. The van der Waals surface area contributed by atoms with Gasteiger partial charge in [0.2, 0.25) is 0 Å². The summed E-state index contributed by atoms with van der Waals surface area (Å²) in [6.45, 7) is 6.49. The smallest absolute Gasteiger partial charge is 0.259 e. The van der Waals surface area contributed by atoms with Gasteiger partial charge in [-0.1, -0.05) is 32.9 Å². The Morgan fingerprint density at radius 3 is 2.35 bits per heavy atom. The molecule has 1 fully saturated rings. The van der Waals surface area contributed by atoms with Gasteiger partial charge >= 0.3 is 0 Å². The van der Waals surface area contributed by atoms with E-state index in [2.05, 4.69) is 20.8 Å². The van der Waals surface area contributed by atoms with Gasteiger partial charge in [-0.3, -0.25) is 4.79 Å². The molecule has 0 bridgehead atoms. The number of hydrogen-bond acceptors (Lipinski definition) is 3. The Morgan fingerprint density at radius 2 is 1.90 bits per heavy atom. The summed E-state index contributed by atoms with van der Waals surface area (Å²) in [4.78, 5) is 14.0. The predicted octanol–water partition coefficient (Wildman–Crippen LogP) is 2.81. The molecule has 0 radical (unpaired) electrons. The van der Waals surface area contributed by atoms with Crippen molar-refractivity contribution in [2.24, 2.45) is 0 Å². The van der Waals surface area contributed by atoms with Crippen molar-refractivity contribution in [1.29, 1.82) is 0 Å². The van der Waals surface area contributed by atoms with E-state index in [0.29, 0.717) is 12.2 Å². The van der Waals surface area contributed by atoms with Gasteiger partial charge in [-0.15, -0.1) is 0 Å². The number of rotatable bonds is 2. The molecule has 0 spiro atoms. The number of thioether (sulfide) groups is 1. The summed E-state index contributed by atoms with van der Waals surface area (Å²) in [7, 11) is 1.73. The van der Waals surface area contributed by atoms with Crippen LogP contribution in [0.4, 0.5) is 5.69 Å². The first kappa shape index (κ1) is 15.4. The Kier molecular flexibility index (Phi) is 4.17. The summed E-state index contributed by atoms with van der Waals surface area (Å²) in [6.07, 6.45) is 0.543. The molecule has 110 valence electrons. The van der Waals surface area contributed by atoms with Crippen LogP contribution in [0.3, 0.4) is 0 Å². The molecule has 1 aliphatic rings. The van der Waals surface area contributed by atoms with Crippen molar-refractivity contribution in [1.82, 2.24) is 0 Å². The average Bonchev–Trinajstić information content (AvgIpc) is 2.84. The third-order valence-corrected chi connectivity index (χ3v) is 5.00. The molecule has 1 N–H and O–H groups in total. The maximum Gasteiger partial charge on any atom is 0.259 e. The molecule has 1 aromatic rings. The molecule has 0 saturated carbocycles. The molecule has 1 amide bonds. The van der Waals surface area contributed by atoms with Crippen LogP contribution in [0.5, 0.6) is 0 Å². The zero-order valence-electron chi connectivity index (χ0n) is 12.6. The van der Waals surface area contributed by atoms with Crippen LogP contribution in [0.1, 0.15) is 32.8 Å². The Morgan fingerprint density at radius 1 is 1.30 bits per heavy atom. The number of amides is 1. The number of hydrogen-bond donors (Lipinski definition) is 1. The van der Waals surface area contributed by atoms with E-state index in [4.69, 9.17) is 0 Å². The highest BCUT2D eigenvalue weighted by Crippen LogP contribution is 2.31. The van der Waals surface area contributed by atoms with E-state index >= 15 is 0 Å². The van der Waals surface area contributed by atoms with Crippen molar-refractivity contribution in [2.45, 2.75) is 38.2 Å². The maximum atomic E-state index is 12.4. The largest absolute Gasteiger partial charge is 0.379 e. The van der Waals surface area contributed by atoms with Crippen LogP contribution in [0.2, 0.25) is 0 Å². The molecule has 1 aromatic carbocycles. The number of nitrogens with zero attached hydrogens (tertiary/aromatic N) is 1. The van der Waals surface area contributed by atoms with Crippen molar-refractivity contribution in [3.05, 3.63) is 29.8 Å². The molecule has 1 unspecified atom stereocenters. The first-order valence-electron chi connectivity index (χ1n) is 6.93. The molecule has 1 heterocycles. The van der Waals surface area contributed by atoms with E-state index in [1.807, 2.05) is 24.3 Å². The number of aliphatic hydroxyl groups is 1. The topological polar surface area (TPSA) is 40.5 Å². The first-order valence-corrected chi connectivity index (χ1v) is 8.08. The van der Waals surface area contributed by atoms with Crippen molar-refractivity contribution >= 4 is 23.4 Å². The van der Waals surface area contributed by atoms with Gasteiger partial charge in [0.1, 0.15) is 0 Å². The average molecular weight is 293 g/mol. The Hall–Kier alpha value is -1.00. The van der Waals surface area contributed by atoms with Crippen LogP contribution in [-0.2, 0) is 10.2 Å². The molecule has 0 aromatic heterocycles. The molecule has 3 nitrogen and oxygen atoms in total. The van der Waals surface area contributed by atoms with E-state index in [1.165, 1.54) is 5.56 Å². The Labute approximate surface area is 125 Å². The van der Waals surface area contributed by atoms with Crippen LogP contribution in [0.15, 0.2) is 24.3 Å². The second kappa shape index (κ2) is 5.41. The van der Waals surface area contributed by atoms with E-state index in [-0.39, 0.29) is 11.3 Å². The second-order valence-corrected chi connectivity index (χ2v) is 7.60. The summed E-state index contributed by atoms with van der Waals surface area (Å²) >= 11 is 1.63.